The molecular formula is C12H11IN2O5. The number of ether oxygens (including phenoxy) is 2. The van der Waals surface area contributed by atoms with Crippen LogP contribution in [0.25, 0.3) is 0 Å². The Morgan fingerprint density at radius 3 is 2.80 bits per heavy atom. The van der Waals surface area contributed by atoms with E-state index in [1.165, 1.54) is 13.2 Å². The molecule has 0 heterocycles. The highest BCUT2D eigenvalue weighted by Crippen LogP contribution is 2.33. The molecule has 0 N–H and O–H groups in total. The molecule has 8 heteroatoms. The number of hydrogen-bond donors (Lipinski definition) is 0. The average Bonchev–Trinajstić information content (AvgIpc) is 2.43. The van der Waals surface area contributed by atoms with Crippen molar-refractivity contribution >= 4 is 34.2 Å². The molecule has 0 bridgehead atoms. The Morgan fingerprint density at radius 2 is 2.25 bits per heavy atom. The van der Waals surface area contributed by atoms with E-state index in [0.717, 1.165) is 6.07 Å². The van der Waals surface area contributed by atoms with Crippen LogP contribution >= 0.6 is 22.6 Å². The monoisotopic (exact) mass is 390 g/mol. The second-order valence-electron chi connectivity index (χ2n) is 3.70. The lowest BCUT2D eigenvalue weighted by molar-refractivity contribution is -0.386. The Bertz CT molecular complexity index is 568. The summed E-state index contributed by atoms with van der Waals surface area (Å²) in [5.74, 6) is -0.253. The van der Waals surface area contributed by atoms with Gasteiger partial charge in [-0.25, -0.2) is 0 Å². The van der Waals surface area contributed by atoms with Crippen LogP contribution in [0.4, 0.5) is 5.69 Å². The van der Waals surface area contributed by atoms with Crippen molar-refractivity contribution in [3.63, 3.8) is 0 Å². The summed E-state index contributed by atoms with van der Waals surface area (Å²) in [6.07, 6.45) is 0.567. The number of carbonyl (C=O) groups is 1. The molecule has 0 spiro atoms. The maximum absolute atomic E-state index is 11.0. The van der Waals surface area contributed by atoms with E-state index in [4.69, 9.17) is 10.00 Å². The Kier molecular flexibility index (Phi) is 6.17. The van der Waals surface area contributed by atoms with E-state index >= 15 is 0 Å². The van der Waals surface area contributed by atoms with Gasteiger partial charge in [0.2, 0.25) is 5.75 Å². The van der Waals surface area contributed by atoms with Crippen LogP contribution in [-0.2, 0) is 9.53 Å². The minimum Gasteiger partial charge on any atom is -0.486 e. The van der Waals surface area contributed by atoms with Crippen molar-refractivity contribution in [3.8, 4) is 11.8 Å². The van der Waals surface area contributed by atoms with E-state index in [1.54, 1.807) is 0 Å². The molecule has 0 aliphatic carbocycles. The van der Waals surface area contributed by atoms with Gasteiger partial charge in [0, 0.05) is 12.5 Å². The van der Waals surface area contributed by atoms with Crippen molar-refractivity contribution < 1.29 is 19.2 Å². The fourth-order valence-corrected chi connectivity index (χ4v) is 2.18. The highest BCUT2D eigenvalue weighted by molar-refractivity contribution is 14.1. The quantitative estimate of drug-likeness (QED) is 0.243. The summed E-state index contributed by atoms with van der Waals surface area (Å²) in [4.78, 5) is 21.3. The van der Waals surface area contributed by atoms with Crippen LogP contribution in [0.2, 0.25) is 0 Å². The van der Waals surface area contributed by atoms with Crippen LogP contribution in [0, 0.1) is 25.0 Å². The van der Waals surface area contributed by atoms with Gasteiger partial charge in [0.05, 0.1) is 33.8 Å². The summed E-state index contributed by atoms with van der Waals surface area (Å²) in [5.41, 5.74) is -0.0606. The van der Waals surface area contributed by atoms with Crippen LogP contribution in [0.1, 0.15) is 18.4 Å². The molecule has 7 nitrogen and oxygen atoms in total. The van der Waals surface area contributed by atoms with Gasteiger partial charge in [-0.2, -0.15) is 5.26 Å². The molecule has 1 aromatic carbocycles. The third-order valence-electron chi connectivity index (χ3n) is 2.35. The van der Waals surface area contributed by atoms with E-state index in [0.29, 0.717) is 9.99 Å². The lowest BCUT2D eigenvalue weighted by atomic mass is 10.2. The molecule has 0 saturated heterocycles. The Balaban J connectivity index is 2.81. The predicted octanol–water partition coefficient (Wildman–Crippen LogP) is 2.40. The lowest BCUT2D eigenvalue weighted by Crippen LogP contribution is -2.06. The molecule has 0 aromatic heterocycles. The van der Waals surface area contributed by atoms with E-state index < -0.39 is 4.92 Å². The van der Waals surface area contributed by atoms with Gasteiger partial charge in [-0.15, -0.1) is 0 Å². The first-order valence-corrected chi connectivity index (χ1v) is 6.65. The van der Waals surface area contributed by atoms with Crippen molar-refractivity contribution in [2.45, 2.75) is 12.8 Å². The maximum Gasteiger partial charge on any atom is 0.313 e. The van der Waals surface area contributed by atoms with Gasteiger partial charge >= 0.3 is 11.7 Å². The summed E-state index contributed by atoms with van der Waals surface area (Å²) in [7, 11) is 1.29. The molecule has 1 aromatic rings. The van der Waals surface area contributed by atoms with Crippen LogP contribution in [-0.4, -0.2) is 24.6 Å². The number of methoxy groups -OCH3 is 1. The number of benzene rings is 1. The SMILES string of the molecule is COC(=O)CCCOc1c(I)cc(C#N)cc1[N+](=O)[O-]. The number of nitrogens with zero attached hydrogens (tertiary/aromatic N) is 2. The number of halogens is 1. The molecule has 0 saturated carbocycles. The van der Waals surface area contributed by atoms with Gasteiger partial charge in [0.15, 0.2) is 0 Å². The van der Waals surface area contributed by atoms with Gasteiger partial charge < -0.3 is 9.47 Å². The molecule has 0 unspecified atom stereocenters. The number of nitro groups is 1. The summed E-state index contributed by atoms with van der Waals surface area (Å²) < 4.78 is 10.3. The molecule has 0 amide bonds. The fraction of sp³-hybridized carbons (Fsp3) is 0.333. The zero-order valence-corrected chi connectivity index (χ0v) is 12.7. The van der Waals surface area contributed by atoms with Gasteiger partial charge in [0.1, 0.15) is 0 Å². The van der Waals surface area contributed by atoms with E-state index in [-0.39, 0.29) is 36.0 Å². The minimum absolute atomic E-state index is 0.111. The summed E-state index contributed by atoms with van der Waals surface area (Å²) in [6.45, 7) is 0.151. The van der Waals surface area contributed by atoms with Gasteiger partial charge in [-0.1, -0.05) is 0 Å². The Hall–Kier alpha value is -1.89. The topological polar surface area (TPSA) is 102 Å². The first kappa shape index (κ1) is 16.2. The second kappa shape index (κ2) is 7.64. The molecule has 106 valence electrons. The molecule has 0 aliphatic rings. The standard InChI is InChI=1S/C12H11IN2O5/c1-19-11(16)3-2-4-20-12-9(13)5-8(7-14)6-10(12)15(17)18/h5-6H,2-4H2,1H3. The number of nitro benzene ring substituents is 1. The van der Waals surface area contributed by atoms with Gasteiger partial charge in [-0.05, 0) is 35.1 Å². The summed E-state index contributed by atoms with van der Waals surface area (Å²) in [5, 5.41) is 19.8. The first-order chi connectivity index (χ1) is 9.49. The van der Waals surface area contributed by atoms with Gasteiger partial charge in [0.25, 0.3) is 0 Å². The fourth-order valence-electron chi connectivity index (χ4n) is 1.41. The van der Waals surface area contributed by atoms with E-state index in [2.05, 4.69) is 4.74 Å². The Labute approximate surface area is 128 Å². The van der Waals surface area contributed by atoms with Gasteiger partial charge in [-0.3, -0.25) is 14.9 Å². The first-order valence-electron chi connectivity index (χ1n) is 5.57. The zero-order chi connectivity index (χ0) is 15.1. The van der Waals surface area contributed by atoms with Crippen molar-refractivity contribution in [2.75, 3.05) is 13.7 Å². The van der Waals surface area contributed by atoms with Crippen LogP contribution in [0.3, 0.4) is 0 Å². The average molecular weight is 390 g/mol. The molecule has 1 rings (SSSR count). The largest absolute Gasteiger partial charge is 0.486 e. The summed E-state index contributed by atoms with van der Waals surface area (Å²) >= 11 is 1.87. The van der Waals surface area contributed by atoms with E-state index in [1.807, 2.05) is 28.7 Å². The number of carbonyl (C=O) groups excluding carboxylic acids is 1. The molecule has 0 radical (unpaired) electrons. The lowest BCUT2D eigenvalue weighted by Gasteiger charge is -2.08. The third kappa shape index (κ3) is 4.34. The second-order valence-corrected chi connectivity index (χ2v) is 4.87. The Morgan fingerprint density at radius 1 is 1.55 bits per heavy atom. The summed E-state index contributed by atoms with van der Waals surface area (Å²) in [6, 6.07) is 4.52. The zero-order valence-electron chi connectivity index (χ0n) is 10.6. The normalized spacial score (nSPS) is 9.65. The molecular weight excluding hydrogens is 379 g/mol. The van der Waals surface area contributed by atoms with Crippen molar-refractivity contribution in [1.29, 1.82) is 5.26 Å². The number of esters is 1. The van der Waals surface area contributed by atoms with Crippen molar-refractivity contribution in [3.05, 3.63) is 31.4 Å². The van der Waals surface area contributed by atoms with Crippen LogP contribution < -0.4 is 4.74 Å². The van der Waals surface area contributed by atoms with E-state index in [9.17, 15) is 14.9 Å². The maximum atomic E-state index is 11.0. The molecule has 20 heavy (non-hydrogen) atoms. The number of nitriles is 1. The third-order valence-corrected chi connectivity index (χ3v) is 3.15. The molecule has 0 aliphatic heterocycles. The van der Waals surface area contributed by atoms with Crippen molar-refractivity contribution in [2.24, 2.45) is 0 Å². The van der Waals surface area contributed by atoms with Crippen molar-refractivity contribution in [1.82, 2.24) is 0 Å². The highest BCUT2D eigenvalue weighted by Gasteiger charge is 2.20. The molecule has 0 atom stereocenters. The number of hydrogen-bond acceptors (Lipinski definition) is 6. The minimum atomic E-state index is -0.599. The van der Waals surface area contributed by atoms with Crippen LogP contribution in [0.15, 0.2) is 12.1 Å². The number of rotatable bonds is 6. The van der Waals surface area contributed by atoms with Crippen LogP contribution in [0.5, 0.6) is 5.75 Å². The smallest absolute Gasteiger partial charge is 0.313 e. The molecule has 0 fully saturated rings. The highest BCUT2D eigenvalue weighted by atomic mass is 127. The predicted molar refractivity (Wildman–Crippen MR) is 77.3 cm³/mol.